The first-order valence-electron chi connectivity index (χ1n) is 8.78. The van der Waals surface area contributed by atoms with Crippen molar-refractivity contribution in [1.29, 1.82) is 0 Å². The number of aliphatic carboxylic acids is 1. The van der Waals surface area contributed by atoms with Gasteiger partial charge in [-0.1, -0.05) is 31.6 Å². The summed E-state index contributed by atoms with van der Waals surface area (Å²) in [5, 5.41) is 9.81. The number of carbonyl (C=O) groups excluding carboxylic acids is 1. The molecule has 0 radical (unpaired) electrons. The summed E-state index contributed by atoms with van der Waals surface area (Å²) in [4.78, 5) is 22.7. The minimum absolute atomic E-state index is 0.0175. The van der Waals surface area contributed by atoms with Crippen molar-refractivity contribution in [2.45, 2.75) is 65.7 Å². The van der Waals surface area contributed by atoms with Crippen LogP contribution >= 0.6 is 0 Å². The molecule has 0 bridgehead atoms. The van der Waals surface area contributed by atoms with E-state index in [9.17, 15) is 14.7 Å². The first-order chi connectivity index (χ1) is 10.8. The highest BCUT2D eigenvalue weighted by Gasteiger charge is 2.57. The standard InChI is InChI=1S/C20H30O3/c1-14(13-21)7-5-8-16-15(2)9-10-17-19(16,3)11-6-12-20(17,4)18(22)23/h7,13,16-17H,2,5-6,8-12H2,1,3-4H3,(H,22,23). The number of carboxylic acids is 1. The number of hydrogen-bond donors (Lipinski definition) is 1. The fourth-order valence-corrected chi connectivity index (χ4v) is 5.26. The lowest BCUT2D eigenvalue weighted by Crippen LogP contribution is -2.53. The molecule has 0 aromatic rings. The molecule has 128 valence electrons. The van der Waals surface area contributed by atoms with Crippen LogP contribution in [0.3, 0.4) is 0 Å². The predicted molar refractivity (Wildman–Crippen MR) is 92.1 cm³/mol. The van der Waals surface area contributed by atoms with E-state index in [1.54, 1.807) is 0 Å². The van der Waals surface area contributed by atoms with Crippen LogP contribution in [0.25, 0.3) is 0 Å². The zero-order chi connectivity index (χ0) is 17.3. The Balaban J connectivity index is 2.26. The highest BCUT2D eigenvalue weighted by molar-refractivity contribution is 5.75. The molecule has 0 aliphatic heterocycles. The summed E-state index contributed by atoms with van der Waals surface area (Å²) in [6, 6.07) is 0. The molecule has 2 aliphatic carbocycles. The van der Waals surface area contributed by atoms with Crippen molar-refractivity contribution >= 4 is 12.3 Å². The molecule has 2 aliphatic rings. The summed E-state index contributed by atoms with van der Waals surface area (Å²) < 4.78 is 0. The fourth-order valence-electron chi connectivity index (χ4n) is 5.26. The Bertz CT molecular complexity index is 533. The van der Waals surface area contributed by atoms with Gasteiger partial charge in [-0.15, -0.1) is 0 Å². The minimum atomic E-state index is -0.642. The minimum Gasteiger partial charge on any atom is -0.481 e. The summed E-state index contributed by atoms with van der Waals surface area (Å²) >= 11 is 0. The van der Waals surface area contributed by atoms with Crippen LogP contribution in [-0.4, -0.2) is 17.4 Å². The maximum Gasteiger partial charge on any atom is 0.309 e. The SMILES string of the molecule is C=C1CCC2C(C)(C(=O)O)CCCC2(C)C1CCC=C(C)C=O. The maximum absolute atomic E-state index is 11.9. The third kappa shape index (κ3) is 3.15. The Morgan fingerprint density at radius 2 is 2.09 bits per heavy atom. The van der Waals surface area contributed by atoms with Gasteiger partial charge in [-0.25, -0.2) is 0 Å². The molecule has 2 rings (SSSR count). The maximum atomic E-state index is 11.9. The summed E-state index contributed by atoms with van der Waals surface area (Å²) in [5.74, 6) is -0.0693. The Hall–Kier alpha value is -1.38. The van der Waals surface area contributed by atoms with E-state index in [2.05, 4.69) is 13.5 Å². The van der Waals surface area contributed by atoms with Gasteiger partial charge in [0.15, 0.2) is 0 Å². The Morgan fingerprint density at radius 3 is 2.70 bits per heavy atom. The molecule has 23 heavy (non-hydrogen) atoms. The monoisotopic (exact) mass is 318 g/mol. The van der Waals surface area contributed by atoms with Crippen molar-refractivity contribution in [1.82, 2.24) is 0 Å². The number of carbonyl (C=O) groups is 2. The molecule has 0 spiro atoms. The lowest BCUT2D eigenvalue weighted by molar-refractivity contribution is -0.164. The number of allylic oxidation sites excluding steroid dienone is 3. The molecule has 2 saturated carbocycles. The van der Waals surface area contributed by atoms with Crippen LogP contribution in [0.15, 0.2) is 23.8 Å². The van der Waals surface area contributed by atoms with Gasteiger partial charge in [-0.3, -0.25) is 9.59 Å². The molecule has 0 amide bonds. The first kappa shape index (κ1) is 18.0. The number of hydrogen-bond acceptors (Lipinski definition) is 2. The molecule has 0 aromatic heterocycles. The molecule has 3 nitrogen and oxygen atoms in total. The zero-order valence-electron chi connectivity index (χ0n) is 14.7. The second kappa shape index (κ2) is 6.62. The van der Waals surface area contributed by atoms with Gasteiger partial charge < -0.3 is 5.11 Å². The topological polar surface area (TPSA) is 54.4 Å². The van der Waals surface area contributed by atoms with Gasteiger partial charge in [0.1, 0.15) is 6.29 Å². The second-order valence-electron chi connectivity index (χ2n) is 8.03. The summed E-state index contributed by atoms with van der Waals surface area (Å²) in [5.41, 5.74) is 1.45. The highest BCUT2D eigenvalue weighted by Crippen LogP contribution is 2.61. The van der Waals surface area contributed by atoms with Crippen molar-refractivity contribution in [2.75, 3.05) is 0 Å². The average molecular weight is 318 g/mol. The number of aldehydes is 1. The van der Waals surface area contributed by atoms with E-state index >= 15 is 0 Å². The number of carboxylic acid groups (broad SMARTS) is 1. The molecule has 0 heterocycles. The lowest BCUT2D eigenvalue weighted by atomic mass is 9.46. The van der Waals surface area contributed by atoms with E-state index in [1.165, 1.54) is 5.57 Å². The third-order valence-corrected chi connectivity index (χ3v) is 6.62. The van der Waals surface area contributed by atoms with Crippen LogP contribution in [0.1, 0.15) is 65.7 Å². The Labute approximate surface area is 139 Å². The van der Waals surface area contributed by atoms with Gasteiger partial charge in [0, 0.05) is 0 Å². The van der Waals surface area contributed by atoms with E-state index in [-0.39, 0.29) is 11.3 Å². The summed E-state index contributed by atoms with van der Waals surface area (Å²) in [7, 11) is 0. The van der Waals surface area contributed by atoms with E-state index < -0.39 is 11.4 Å². The summed E-state index contributed by atoms with van der Waals surface area (Å²) in [6.07, 6.45) is 9.43. The smallest absolute Gasteiger partial charge is 0.309 e. The van der Waals surface area contributed by atoms with Gasteiger partial charge in [-0.2, -0.15) is 0 Å². The van der Waals surface area contributed by atoms with E-state index in [0.29, 0.717) is 5.92 Å². The van der Waals surface area contributed by atoms with Crippen molar-refractivity contribution in [3.05, 3.63) is 23.8 Å². The largest absolute Gasteiger partial charge is 0.481 e. The van der Waals surface area contributed by atoms with Crippen LogP contribution in [0, 0.1) is 22.7 Å². The molecular formula is C20H30O3. The van der Waals surface area contributed by atoms with Crippen LogP contribution in [-0.2, 0) is 9.59 Å². The van der Waals surface area contributed by atoms with Crippen molar-refractivity contribution < 1.29 is 14.7 Å². The van der Waals surface area contributed by atoms with Crippen LogP contribution in [0.4, 0.5) is 0 Å². The van der Waals surface area contributed by atoms with E-state index in [0.717, 1.165) is 56.8 Å². The second-order valence-corrected chi connectivity index (χ2v) is 8.03. The normalized spacial score (nSPS) is 38.0. The van der Waals surface area contributed by atoms with Crippen LogP contribution in [0.5, 0.6) is 0 Å². The van der Waals surface area contributed by atoms with Crippen molar-refractivity contribution in [3.8, 4) is 0 Å². The van der Waals surface area contributed by atoms with Crippen LogP contribution in [0.2, 0.25) is 0 Å². The molecule has 4 atom stereocenters. The molecule has 4 unspecified atom stereocenters. The van der Waals surface area contributed by atoms with Gasteiger partial charge in [-0.05, 0) is 75.2 Å². The fraction of sp³-hybridized carbons (Fsp3) is 0.700. The number of fused-ring (bicyclic) bond motifs is 1. The lowest BCUT2D eigenvalue weighted by Gasteiger charge is -2.57. The molecular weight excluding hydrogens is 288 g/mol. The summed E-state index contributed by atoms with van der Waals surface area (Å²) in [6.45, 7) is 10.4. The quantitative estimate of drug-likeness (QED) is 0.451. The van der Waals surface area contributed by atoms with Gasteiger partial charge in [0.25, 0.3) is 0 Å². The van der Waals surface area contributed by atoms with Crippen molar-refractivity contribution in [3.63, 3.8) is 0 Å². The third-order valence-electron chi connectivity index (χ3n) is 6.62. The highest BCUT2D eigenvalue weighted by atomic mass is 16.4. The molecule has 2 fully saturated rings. The Kier molecular flexibility index (Phi) is 5.17. The molecule has 3 heteroatoms. The molecule has 0 saturated heterocycles. The van der Waals surface area contributed by atoms with Gasteiger partial charge >= 0.3 is 5.97 Å². The molecule has 0 aromatic carbocycles. The van der Waals surface area contributed by atoms with Gasteiger partial charge in [0.2, 0.25) is 0 Å². The Morgan fingerprint density at radius 1 is 1.39 bits per heavy atom. The average Bonchev–Trinajstić information content (AvgIpc) is 2.49. The zero-order valence-corrected chi connectivity index (χ0v) is 14.7. The van der Waals surface area contributed by atoms with E-state index in [1.807, 2.05) is 19.9 Å². The van der Waals surface area contributed by atoms with Crippen LogP contribution < -0.4 is 0 Å². The predicted octanol–water partition coefficient (Wildman–Crippen LogP) is 4.78. The van der Waals surface area contributed by atoms with Crippen molar-refractivity contribution in [2.24, 2.45) is 22.7 Å². The molecule has 1 N–H and O–H groups in total. The van der Waals surface area contributed by atoms with E-state index in [4.69, 9.17) is 0 Å². The number of rotatable bonds is 5. The first-order valence-corrected chi connectivity index (χ1v) is 8.78. The van der Waals surface area contributed by atoms with Gasteiger partial charge in [0.05, 0.1) is 5.41 Å².